The first kappa shape index (κ1) is 16.5. The van der Waals surface area contributed by atoms with Crippen molar-refractivity contribution in [3.05, 3.63) is 61.8 Å². The van der Waals surface area contributed by atoms with Gasteiger partial charge in [-0.25, -0.2) is 4.98 Å². The van der Waals surface area contributed by atoms with Gasteiger partial charge in [-0.1, -0.05) is 45.2 Å². The number of hydrogen-bond donors (Lipinski definition) is 1. The fourth-order valence-electron chi connectivity index (χ4n) is 1.70. The van der Waals surface area contributed by atoms with Gasteiger partial charge in [-0.05, 0) is 24.3 Å². The molecule has 21 heavy (non-hydrogen) atoms. The molecule has 0 saturated heterocycles. The van der Waals surface area contributed by atoms with E-state index in [4.69, 9.17) is 23.2 Å². The Morgan fingerprint density at radius 1 is 1.10 bits per heavy atom. The highest BCUT2D eigenvalue weighted by atomic mass is 79.9. The Labute approximate surface area is 136 Å². The minimum atomic E-state index is -4.59. The third kappa shape index (κ3) is 3.69. The molecule has 1 atom stereocenters. The highest BCUT2D eigenvalue weighted by Crippen LogP contribution is 2.35. The molecular formula is C13H7BrCl2F3NO. The van der Waals surface area contributed by atoms with Crippen molar-refractivity contribution in [2.75, 3.05) is 0 Å². The third-order valence-corrected chi connectivity index (χ3v) is 3.98. The van der Waals surface area contributed by atoms with Crippen LogP contribution < -0.4 is 0 Å². The lowest BCUT2D eigenvalue weighted by Crippen LogP contribution is -2.10. The SMILES string of the molecule is OC(c1cc(Cl)ccc1Br)c1ccc(C(F)(F)F)nc1Cl. The second-order valence-corrected chi connectivity index (χ2v) is 5.79. The molecule has 1 aromatic carbocycles. The summed E-state index contributed by atoms with van der Waals surface area (Å²) in [5.74, 6) is 0. The standard InChI is InChI=1S/C13H7BrCl2F3NO/c14-9-3-1-6(15)5-8(9)11(21)7-2-4-10(13(17,18)19)20-12(7)16/h1-5,11,21H. The molecule has 2 nitrogen and oxygen atoms in total. The summed E-state index contributed by atoms with van der Waals surface area (Å²) in [5, 5.41) is 10.2. The van der Waals surface area contributed by atoms with Gasteiger partial charge < -0.3 is 5.11 Å². The summed E-state index contributed by atoms with van der Waals surface area (Å²) in [6, 6.07) is 6.57. The maximum Gasteiger partial charge on any atom is 0.433 e. The molecule has 2 aromatic rings. The first-order valence-electron chi connectivity index (χ1n) is 5.57. The van der Waals surface area contributed by atoms with Crippen molar-refractivity contribution in [2.24, 2.45) is 0 Å². The van der Waals surface area contributed by atoms with E-state index in [9.17, 15) is 18.3 Å². The average molecular weight is 401 g/mol. The molecule has 0 fully saturated rings. The zero-order chi connectivity index (χ0) is 15.8. The fourth-order valence-corrected chi connectivity index (χ4v) is 2.60. The van der Waals surface area contributed by atoms with Crippen LogP contribution in [0.5, 0.6) is 0 Å². The van der Waals surface area contributed by atoms with Crippen molar-refractivity contribution in [2.45, 2.75) is 12.3 Å². The molecule has 0 aliphatic heterocycles. The Hall–Kier alpha value is -0.820. The van der Waals surface area contributed by atoms with Gasteiger partial charge in [0.1, 0.15) is 17.0 Å². The normalized spacial score (nSPS) is 13.3. The molecule has 1 N–H and O–H groups in total. The second-order valence-electron chi connectivity index (χ2n) is 4.14. The van der Waals surface area contributed by atoms with Gasteiger partial charge in [0, 0.05) is 20.6 Å². The summed E-state index contributed by atoms with van der Waals surface area (Å²) in [6.45, 7) is 0. The zero-order valence-corrected chi connectivity index (χ0v) is 13.2. The molecule has 8 heteroatoms. The number of aliphatic hydroxyl groups is 1. The summed E-state index contributed by atoms with van der Waals surface area (Å²) in [6.07, 6.45) is -5.84. The molecule has 0 radical (unpaired) electrons. The maximum absolute atomic E-state index is 12.5. The molecule has 1 heterocycles. The Morgan fingerprint density at radius 2 is 1.76 bits per heavy atom. The monoisotopic (exact) mass is 399 g/mol. The van der Waals surface area contributed by atoms with E-state index in [1.54, 1.807) is 12.1 Å². The van der Waals surface area contributed by atoms with Crippen LogP contribution in [0.15, 0.2) is 34.8 Å². The molecule has 0 aliphatic rings. The topological polar surface area (TPSA) is 33.1 Å². The van der Waals surface area contributed by atoms with Gasteiger partial charge in [0.25, 0.3) is 0 Å². The van der Waals surface area contributed by atoms with Crippen LogP contribution in [0.2, 0.25) is 10.2 Å². The summed E-state index contributed by atoms with van der Waals surface area (Å²) >= 11 is 14.8. The van der Waals surface area contributed by atoms with Crippen molar-refractivity contribution >= 4 is 39.1 Å². The van der Waals surface area contributed by atoms with Crippen molar-refractivity contribution in [3.8, 4) is 0 Å². The molecular weight excluding hydrogens is 394 g/mol. The molecule has 0 spiro atoms. The van der Waals surface area contributed by atoms with E-state index in [2.05, 4.69) is 20.9 Å². The number of aromatic nitrogens is 1. The van der Waals surface area contributed by atoms with Crippen LogP contribution in [0.25, 0.3) is 0 Å². The summed E-state index contributed by atoms with van der Waals surface area (Å²) in [5.41, 5.74) is -0.674. The number of hydrogen-bond acceptors (Lipinski definition) is 2. The minimum absolute atomic E-state index is 0.0626. The van der Waals surface area contributed by atoms with Crippen LogP contribution in [0.3, 0.4) is 0 Å². The van der Waals surface area contributed by atoms with Crippen LogP contribution in [-0.2, 0) is 6.18 Å². The highest BCUT2D eigenvalue weighted by molar-refractivity contribution is 9.10. The number of nitrogens with zero attached hydrogens (tertiary/aromatic N) is 1. The van der Waals surface area contributed by atoms with E-state index >= 15 is 0 Å². The Balaban J connectivity index is 2.44. The molecule has 112 valence electrons. The van der Waals surface area contributed by atoms with Crippen molar-refractivity contribution in [1.82, 2.24) is 4.98 Å². The van der Waals surface area contributed by atoms with Gasteiger partial charge >= 0.3 is 6.18 Å². The van der Waals surface area contributed by atoms with E-state index < -0.39 is 23.1 Å². The first-order chi connectivity index (χ1) is 9.70. The van der Waals surface area contributed by atoms with E-state index in [-0.39, 0.29) is 5.56 Å². The van der Waals surface area contributed by atoms with E-state index in [1.165, 1.54) is 6.07 Å². The van der Waals surface area contributed by atoms with Crippen LogP contribution in [-0.4, -0.2) is 10.1 Å². The number of aliphatic hydroxyl groups excluding tert-OH is 1. The quantitative estimate of drug-likeness (QED) is 0.698. The highest BCUT2D eigenvalue weighted by Gasteiger charge is 2.33. The van der Waals surface area contributed by atoms with Crippen LogP contribution in [0, 0.1) is 0 Å². The number of halogens is 6. The van der Waals surface area contributed by atoms with E-state index in [0.717, 1.165) is 12.1 Å². The molecule has 0 aliphatic carbocycles. The molecule has 0 saturated carbocycles. The van der Waals surface area contributed by atoms with Gasteiger partial charge in [-0.3, -0.25) is 0 Å². The number of pyridine rings is 1. The lowest BCUT2D eigenvalue weighted by atomic mass is 10.0. The molecule has 0 amide bonds. The van der Waals surface area contributed by atoms with Crippen molar-refractivity contribution in [3.63, 3.8) is 0 Å². The first-order valence-corrected chi connectivity index (χ1v) is 7.11. The fraction of sp³-hybridized carbons (Fsp3) is 0.154. The maximum atomic E-state index is 12.5. The van der Waals surface area contributed by atoms with Gasteiger partial charge in [-0.2, -0.15) is 13.2 Å². The summed E-state index contributed by atoms with van der Waals surface area (Å²) < 4.78 is 38.1. The summed E-state index contributed by atoms with van der Waals surface area (Å²) in [4.78, 5) is 3.28. The zero-order valence-electron chi connectivity index (χ0n) is 10.1. The van der Waals surface area contributed by atoms with Gasteiger partial charge in [0.15, 0.2) is 0 Å². The lowest BCUT2D eigenvalue weighted by Gasteiger charge is -2.16. The predicted octanol–water partition coefficient (Wildman–Crippen LogP) is 5.25. The van der Waals surface area contributed by atoms with Crippen LogP contribution in [0.4, 0.5) is 13.2 Å². The number of rotatable bonds is 2. The van der Waals surface area contributed by atoms with E-state index in [0.29, 0.717) is 15.1 Å². The Bertz CT molecular complexity index is 679. The lowest BCUT2D eigenvalue weighted by molar-refractivity contribution is -0.141. The van der Waals surface area contributed by atoms with E-state index in [1.807, 2.05) is 0 Å². The average Bonchev–Trinajstić information content (AvgIpc) is 2.39. The third-order valence-electron chi connectivity index (χ3n) is 2.72. The van der Waals surface area contributed by atoms with Gasteiger partial charge in [0.05, 0.1) is 0 Å². The molecule has 2 rings (SSSR count). The number of alkyl halides is 3. The molecule has 0 bridgehead atoms. The van der Waals surface area contributed by atoms with Crippen LogP contribution >= 0.6 is 39.1 Å². The largest absolute Gasteiger partial charge is 0.433 e. The molecule has 1 unspecified atom stereocenters. The Kier molecular flexibility index (Phi) is 4.82. The minimum Gasteiger partial charge on any atom is -0.383 e. The predicted molar refractivity (Wildman–Crippen MR) is 77.5 cm³/mol. The van der Waals surface area contributed by atoms with Crippen LogP contribution in [0.1, 0.15) is 22.9 Å². The second kappa shape index (κ2) is 6.12. The van der Waals surface area contributed by atoms with Crippen molar-refractivity contribution in [1.29, 1.82) is 0 Å². The van der Waals surface area contributed by atoms with Gasteiger partial charge in [-0.15, -0.1) is 0 Å². The Morgan fingerprint density at radius 3 is 2.33 bits per heavy atom. The van der Waals surface area contributed by atoms with Gasteiger partial charge in [0.2, 0.25) is 0 Å². The summed E-state index contributed by atoms with van der Waals surface area (Å²) in [7, 11) is 0. The molecule has 1 aromatic heterocycles. The smallest absolute Gasteiger partial charge is 0.383 e. The van der Waals surface area contributed by atoms with Crippen molar-refractivity contribution < 1.29 is 18.3 Å². The number of benzene rings is 1.